The third-order valence-corrected chi connectivity index (χ3v) is 4.95. The van der Waals surface area contributed by atoms with Crippen molar-refractivity contribution in [1.82, 2.24) is 14.7 Å². The summed E-state index contributed by atoms with van der Waals surface area (Å²) >= 11 is 0. The highest BCUT2D eigenvalue weighted by atomic mass is 19.1. The molecule has 2 fully saturated rings. The maximum atomic E-state index is 14.4. The van der Waals surface area contributed by atoms with E-state index in [0.29, 0.717) is 32.7 Å². The molecule has 2 heterocycles. The molecule has 0 aromatic heterocycles. The number of carbonyl (C=O) groups is 1. The number of anilines is 1. The summed E-state index contributed by atoms with van der Waals surface area (Å²) in [7, 11) is 3.89. The Morgan fingerprint density at radius 2 is 1.58 bits per heavy atom. The highest BCUT2D eigenvalue weighted by molar-refractivity contribution is 5.78. The molecule has 144 valence electrons. The van der Waals surface area contributed by atoms with E-state index in [4.69, 9.17) is 4.74 Å². The van der Waals surface area contributed by atoms with Crippen LogP contribution in [0.1, 0.15) is 0 Å². The first-order valence-electron chi connectivity index (χ1n) is 8.95. The molecule has 2 saturated heterocycles. The van der Waals surface area contributed by atoms with Gasteiger partial charge in [-0.05, 0) is 14.1 Å². The highest BCUT2D eigenvalue weighted by Gasteiger charge is 2.23. The summed E-state index contributed by atoms with van der Waals surface area (Å²) in [5.41, 5.74) is 0.0136. The van der Waals surface area contributed by atoms with Gasteiger partial charge in [-0.3, -0.25) is 9.69 Å². The number of piperazine rings is 2. The van der Waals surface area contributed by atoms with Crippen LogP contribution < -0.4 is 9.64 Å². The van der Waals surface area contributed by atoms with E-state index in [1.807, 2.05) is 19.0 Å². The molecule has 2 aliphatic rings. The molecule has 2 aliphatic heterocycles. The third kappa shape index (κ3) is 4.42. The normalized spacial score (nSPS) is 19.9. The third-order valence-electron chi connectivity index (χ3n) is 4.95. The van der Waals surface area contributed by atoms with Gasteiger partial charge in [0.05, 0.1) is 13.1 Å². The number of carbonyl (C=O) groups excluding carboxylic acids is 1. The van der Waals surface area contributed by atoms with Crippen LogP contribution in [0.2, 0.25) is 0 Å². The number of benzene rings is 1. The van der Waals surface area contributed by atoms with Gasteiger partial charge < -0.3 is 19.4 Å². The Morgan fingerprint density at radius 3 is 2.19 bits per heavy atom. The van der Waals surface area contributed by atoms with Crippen LogP contribution in [-0.2, 0) is 4.79 Å². The average molecular weight is 368 g/mol. The van der Waals surface area contributed by atoms with Gasteiger partial charge >= 0.3 is 0 Å². The molecule has 0 unspecified atom stereocenters. The molecule has 0 saturated carbocycles. The molecule has 0 bridgehead atoms. The zero-order chi connectivity index (χ0) is 18.7. The summed E-state index contributed by atoms with van der Waals surface area (Å²) in [4.78, 5) is 19.4. The SMILES string of the molecule is CN1CCN(c2c(F)cc(OCCN3CCN(C)CC3=O)cc2F)CC1. The lowest BCUT2D eigenvalue weighted by Crippen LogP contribution is -2.49. The molecule has 0 aliphatic carbocycles. The zero-order valence-corrected chi connectivity index (χ0v) is 15.4. The predicted octanol–water partition coefficient (Wildman–Crippen LogP) is 0.869. The fourth-order valence-electron chi connectivity index (χ4n) is 3.29. The number of halogens is 2. The molecule has 1 amide bonds. The van der Waals surface area contributed by atoms with Crippen molar-refractivity contribution in [2.75, 3.05) is 78.0 Å². The maximum Gasteiger partial charge on any atom is 0.236 e. The number of ether oxygens (including phenoxy) is 1. The van der Waals surface area contributed by atoms with Crippen LogP contribution in [0.25, 0.3) is 0 Å². The zero-order valence-electron chi connectivity index (χ0n) is 15.4. The quantitative estimate of drug-likeness (QED) is 0.771. The standard InChI is InChI=1S/C18H26F2N4O2/c1-21-3-7-24(8-4-21)18-15(19)11-14(12-16(18)20)26-10-9-23-6-5-22(2)13-17(23)25/h11-12H,3-10,13H2,1-2H3. The van der Waals surface area contributed by atoms with Crippen molar-refractivity contribution in [3.05, 3.63) is 23.8 Å². The van der Waals surface area contributed by atoms with Crippen LogP contribution in [0.15, 0.2) is 12.1 Å². The van der Waals surface area contributed by atoms with Crippen molar-refractivity contribution in [1.29, 1.82) is 0 Å². The molecule has 0 atom stereocenters. The van der Waals surface area contributed by atoms with Gasteiger partial charge in [-0.1, -0.05) is 0 Å². The van der Waals surface area contributed by atoms with Crippen molar-refractivity contribution in [3.63, 3.8) is 0 Å². The molecule has 0 N–H and O–H groups in total. The van der Waals surface area contributed by atoms with E-state index in [1.165, 1.54) is 12.1 Å². The lowest BCUT2D eigenvalue weighted by Gasteiger charge is -2.34. The molecule has 8 heteroatoms. The maximum absolute atomic E-state index is 14.4. The minimum absolute atomic E-state index is 0.0136. The van der Waals surface area contributed by atoms with E-state index in [0.717, 1.165) is 19.6 Å². The van der Waals surface area contributed by atoms with Crippen LogP contribution in [0.5, 0.6) is 5.75 Å². The molecule has 1 aromatic rings. The van der Waals surface area contributed by atoms with Crippen LogP contribution in [-0.4, -0.2) is 93.7 Å². The van der Waals surface area contributed by atoms with E-state index >= 15 is 0 Å². The van der Waals surface area contributed by atoms with Crippen LogP contribution in [0.3, 0.4) is 0 Å². The average Bonchev–Trinajstić information content (AvgIpc) is 2.58. The molecular formula is C18H26F2N4O2. The van der Waals surface area contributed by atoms with Gasteiger partial charge in [0.15, 0.2) is 11.6 Å². The van der Waals surface area contributed by atoms with E-state index in [-0.39, 0.29) is 24.0 Å². The Hall–Kier alpha value is -1.93. The summed E-state index contributed by atoms with van der Waals surface area (Å²) in [5, 5.41) is 0. The Kier molecular flexibility index (Phi) is 5.93. The Labute approximate surface area is 152 Å². The minimum atomic E-state index is -0.611. The van der Waals surface area contributed by atoms with Gasteiger partial charge in [-0.2, -0.15) is 0 Å². The van der Waals surface area contributed by atoms with Crippen LogP contribution in [0, 0.1) is 11.6 Å². The van der Waals surface area contributed by atoms with Gasteiger partial charge in [0, 0.05) is 51.4 Å². The number of rotatable bonds is 5. The summed E-state index contributed by atoms with van der Waals surface area (Å²) in [5.74, 6) is -1.02. The van der Waals surface area contributed by atoms with Crippen molar-refractivity contribution < 1.29 is 18.3 Å². The fraction of sp³-hybridized carbons (Fsp3) is 0.611. The largest absolute Gasteiger partial charge is 0.492 e. The van der Waals surface area contributed by atoms with E-state index in [2.05, 4.69) is 4.90 Å². The summed E-state index contributed by atoms with van der Waals surface area (Å²) in [6.07, 6.45) is 0. The Balaban J connectivity index is 1.57. The Bertz CT molecular complexity index is 627. The summed E-state index contributed by atoms with van der Waals surface area (Å²) in [6, 6.07) is 2.45. The van der Waals surface area contributed by atoms with Crippen molar-refractivity contribution in [2.45, 2.75) is 0 Å². The molecular weight excluding hydrogens is 342 g/mol. The van der Waals surface area contributed by atoms with Gasteiger partial charge in [0.1, 0.15) is 18.0 Å². The highest BCUT2D eigenvalue weighted by Crippen LogP contribution is 2.29. The first kappa shape index (κ1) is 18.8. The van der Waals surface area contributed by atoms with Crippen molar-refractivity contribution in [2.24, 2.45) is 0 Å². The monoisotopic (exact) mass is 368 g/mol. The molecule has 3 rings (SSSR count). The topological polar surface area (TPSA) is 39.3 Å². The molecule has 26 heavy (non-hydrogen) atoms. The van der Waals surface area contributed by atoms with Crippen LogP contribution >= 0.6 is 0 Å². The summed E-state index contributed by atoms with van der Waals surface area (Å²) < 4.78 is 34.4. The van der Waals surface area contributed by atoms with E-state index in [9.17, 15) is 13.6 Å². The second-order valence-electron chi connectivity index (χ2n) is 6.99. The first-order valence-corrected chi connectivity index (χ1v) is 8.95. The smallest absolute Gasteiger partial charge is 0.236 e. The Morgan fingerprint density at radius 1 is 0.962 bits per heavy atom. The van der Waals surface area contributed by atoms with Crippen molar-refractivity contribution >= 4 is 11.6 Å². The molecule has 0 radical (unpaired) electrons. The number of hydrogen-bond donors (Lipinski definition) is 0. The van der Waals surface area contributed by atoms with Gasteiger partial charge in [-0.25, -0.2) is 8.78 Å². The molecule has 6 nitrogen and oxygen atoms in total. The van der Waals surface area contributed by atoms with Crippen molar-refractivity contribution in [3.8, 4) is 5.75 Å². The second kappa shape index (κ2) is 8.18. The van der Waals surface area contributed by atoms with Gasteiger partial charge in [0.25, 0.3) is 0 Å². The van der Waals surface area contributed by atoms with E-state index < -0.39 is 11.6 Å². The number of nitrogens with zero attached hydrogens (tertiary/aromatic N) is 4. The van der Waals surface area contributed by atoms with E-state index in [1.54, 1.807) is 9.80 Å². The number of amides is 1. The summed E-state index contributed by atoms with van der Waals surface area (Å²) in [6.45, 7) is 5.21. The second-order valence-corrected chi connectivity index (χ2v) is 6.99. The van der Waals surface area contributed by atoms with Gasteiger partial charge in [-0.15, -0.1) is 0 Å². The minimum Gasteiger partial charge on any atom is -0.492 e. The van der Waals surface area contributed by atoms with Crippen LogP contribution in [0.4, 0.5) is 14.5 Å². The lowest BCUT2D eigenvalue weighted by molar-refractivity contribution is -0.135. The first-order chi connectivity index (χ1) is 12.4. The molecule has 1 aromatic carbocycles. The molecule has 0 spiro atoms. The number of hydrogen-bond acceptors (Lipinski definition) is 5. The predicted molar refractivity (Wildman–Crippen MR) is 95.6 cm³/mol. The lowest BCUT2D eigenvalue weighted by atomic mass is 10.2. The fourth-order valence-corrected chi connectivity index (χ4v) is 3.29. The van der Waals surface area contributed by atoms with Gasteiger partial charge in [0.2, 0.25) is 5.91 Å². The number of likely N-dealkylation sites (N-methyl/N-ethyl adjacent to an activating group) is 2.